The zero-order chi connectivity index (χ0) is 15.5. The Morgan fingerprint density at radius 3 is 2.52 bits per heavy atom. The van der Waals surface area contributed by atoms with Gasteiger partial charge in [0, 0.05) is 49.0 Å². The lowest BCUT2D eigenvalue weighted by Crippen LogP contribution is -2.48. The summed E-state index contributed by atoms with van der Waals surface area (Å²) in [7, 11) is -3.32. The summed E-state index contributed by atoms with van der Waals surface area (Å²) in [5.74, 6) is 0. The second kappa shape index (κ2) is 7.19. The average molecular weight is 332 g/mol. The highest BCUT2D eigenvalue weighted by atomic mass is 32.2. The summed E-state index contributed by atoms with van der Waals surface area (Å²) in [6.07, 6.45) is 0. The molecule has 0 unspecified atom stereocenters. The monoisotopic (exact) mass is 331 g/mol. The van der Waals surface area contributed by atoms with Crippen molar-refractivity contribution >= 4 is 21.4 Å². The van der Waals surface area contributed by atoms with Gasteiger partial charge in [-0.15, -0.1) is 11.3 Å². The van der Waals surface area contributed by atoms with Gasteiger partial charge in [-0.05, 0) is 12.6 Å². The van der Waals surface area contributed by atoms with Gasteiger partial charge in [-0.25, -0.2) is 8.42 Å². The van der Waals surface area contributed by atoms with Crippen LogP contribution in [0.1, 0.15) is 25.6 Å². The van der Waals surface area contributed by atoms with Crippen LogP contribution in [0.25, 0.3) is 0 Å². The smallest absolute Gasteiger partial charge is 0.243 e. The highest BCUT2D eigenvalue weighted by molar-refractivity contribution is 7.89. The molecule has 2 heterocycles. The summed E-state index contributed by atoms with van der Waals surface area (Å²) in [5, 5.41) is 5.08. The number of likely N-dealkylation sites (N-methyl/N-ethyl adjacent to an activating group) is 1. The summed E-state index contributed by atoms with van der Waals surface area (Å²) in [5.41, 5.74) is 0. The van der Waals surface area contributed by atoms with Crippen LogP contribution in [-0.2, 0) is 16.6 Å². The molecule has 1 aromatic rings. The van der Waals surface area contributed by atoms with Crippen LogP contribution in [0.3, 0.4) is 0 Å². The van der Waals surface area contributed by atoms with Crippen LogP contribution in [-0.4, -0.2) is 56.4 Å². The van der Waals surface area contributed by atoms with E-state index in [9.17, 15) is 8.42 Å². The van der Waals surface area contributed by atoms with Gasteiger partial charge in [0.2, 0.25) is 10.0 Å². The zero-order valence-corrected chi connectivity index (χ0v) is 14.6. The lowest BCUT2D eigenvalue weighted by Gasteiger charge is -2.32. The Kier molecular flexibility index (Phi) is 5.79. The summed E-state index contributed by atoms with van der Waals surface area (Å²) in [4.78, 5) is 3.78. The Morgan fingerprint density at radius 2 is 1.95 bits per heavy atom. The topological polar surface area (TPSA) is 52.7 Å². The third-order valence-electron chi connectivity index (χ3n) is 3.73. The highest BCUT2D eigenvalue weighted by Gasteiger charge is 2.28. The lowest BCUT2D eigenvalue weighted by atomic mass is 10.4. The van der Waals surface area contributed by atoms with E-state index in [0.29, 0.717) is 24.0 Å². The van der Waals surface area contributed by atoms with E-state index in [1.165, 1.54) is 11.3 Å². The molecule has 7 heteroatoms. The number of sulfonamides is 1. The van der Waals surface area contributed by atoms with Crippen molar-refractivity contribution in [1.29, 1.82) is 0 Å². The number of piperazine rings is 1. The molecule has 0 amide bonds. The van der Waals surface area contributed by atoms with Crippen molar-refractivity contribution in [3.05, 3.63) is 16.3 Å². The fourth-order valence-electron chi connectivity index (χ4n) is 2.33. The minimum Gasteiger partial charge on any atom is -0.310 e. The maximum Gasteiger partial charge on any atom is 0.243 e. The van der Waals surface area contributed by atoms with Crippen molar-refractivity contribution in [3.63, 3.8) is 0 Å². The molecule has 0 bridgehead atoms. The van der Waals surface area contributed by atoms with E-state index >= 15 is 0 Å². The Balaban J connectivity index is 2.03. The molecule has 2 rings (SSSR count). The number of thiophene rings is 1. The van der Waals surface area contributed by atoms with E-state index in [1.54, 1.807) is 9.69 Å². The van der Waals surface area contributed by atoms with E-state index < -0.39 is 10.0 Å². The van der Waals surface area contributed by atoms with Crippen molar-refractivity contribution in [2.75, 3.05) is 32.7 Å². The summed E-state index contributed by atoms with van der Waals surface area (Å²) in [6.45, 7) is 10.8. The molecule has 0 spiro atoms. The zero-order valence-electron chi connectivity index (χ0n) is 13.0. The van der Waals surface area contributed by atoms with Crippen molar-refractivity contribution in [3.8, 4) is 0 Å². The number of hydrogen-bond acceptors (Lipinski definition) is 5. The molecular weight excluding hydrogens is 306 g/mol. The first-order valence-electron chi connectivity index (χ1n) is 7.46. The van der Waals surface area contributed by atoms with E-state index in [4.69, 9.17) is 0 Å². The maximum absolute atomic E-state index is 12.6. The van der Waals surface area contributed by atoms with Crippen LogP contribution in [0.15, 0.2) is 16.3 Å². The fourth-order valence-corrected chi connectivity index (χ4v) is 4.96. The van der Waals surface area contributed by atoms with Crippen molar-refractivity contribution in [2.24, 2.45) is 0 Å². The molecule has 1 aliphatic heterocycles. The van der Waals surface area contributed by atoms with Crippen LogP contribution in [0.4, 0.5) is 0 Å². The molecule has 1 N–H and O–H groups in total. The van der Waals surface area contributed by atoms with Gasteiger partial charge in [0.25, 0.3) is 0 Å². The Labute approximate surface area is 132 Å². The quantitative estimate of drug-likeness (QED) is 0.860. The van der Waals surface area contributed by atoms with Crippen molar-refractivity contribution in [1.82, 2.24) is 14.5 Å². The second-order valence-electron chi connectivity index (χ2n) is 5.62. The number of nitrogens with one attached hydrogen (secondary N) is 1. The number of nitrogens with zero attached hydrogens (tertiary/aromatic N) is 2. The van der Waals surface area contributed by atoms with Gasteiger partial charge in [0.1, 0.15) is 0 Å². The standard InChI is InChI=1S/C14H25N3O2S2/c1-4-16-5-7-17(8-6-16)21(18,19)14-9-13(20-11-14)10-15-12(2)3/h9,11-12,15H,4-8,10H2,1-3H3. The van der Waals surface area contributed by atoms with Gasteiger partial charge in [0.05, 0.1) is 4.90 Å². The minimum absolute atomic E-state index is 0.397. The van der Waals surface area contributed by atoms with E-state index in [-0.39, 0.29) is 0 Å². The Hall–Kier alpha value is -0.470. The predicted octanol–water partition coefficient (Wildman–Crippen LogP) is 1.57. The van der Waals surface area contributed by atoms with Gasteiger partial charge in [-0.3, -0.25) is 0 Å². The molecule has 1 aromatic heterocycles. The second-order valence-corrected chi connectivity index (χ2v) is 8.56. The molecule has 1 aliphatic rings. The van der Waals surface area contributed by atoms with Gasteiger partial charge in [-0.2, -0.15) is 4.31 Å². The molecule has 0 saturated carbocycles. The molecule has 21 heavy (non-hydrogen) atoms. The number of hydrogen-bond donors (Lipinski definition) is 1. The third-order valence-corrected chi connectivity index (χ3v) is 6.69. The van der Waals surface area contributed by atoms with Crippen molar-refractivity contribution < 1.29 is 8.42 Å². The van der Waals surface area contributed by atoms with Crippen molar-refractivity contribution in [2.45, 2.75) is 38.3 Å². The molecule has 0 atom stereocenters. The first-order chi connectivity index (χ1) is 9.93. The largest absolute Gasteiger partial charge is 0.310 e. The summed E-state index contributed by atoms with van der Waals surface area (Å²) >= 11 is 1.51. The minimum atomic E-state index is -3.32. The normalized spacial score (nSPS) is 18.5. The van der Waals surface area contributed by atoms with Crippen LogP contribution in [0.5, 0.6) is 0 Å². The fraction of sp³-hybridized carbons (Fsp3) is 0.714. The van der Waals surface area contributed by atoms with Crippen LogP contribution in [0.2, 0.25) is 0 Å². The average Bonchev–Trinajstić information content (AvgIpc) is 2.95. The summed E-state index contributed by atoms with van der Waals surface area (Å²) in [6, 6.07) is 2.20. The molecule has 1 fully saturated rings. The molecular formula is C14H25N3O2S2. The van der Waals surface area contributed by atoms with E-state index in [2.05, 4.69) is 31.0 Å². The third kappa shape index (κ3) is 4.26. The first-order valence-corrected chi connectivity index (χ1v) is 9.78. The maximum atomic E-state index is 12.6. The molecule has 5 nitrogen and oxygen atoms in total. The molecule has 120 valence electrons. The van der Waals surface area contributed by atoms with E-state index in [0.717, 1.165) is 31.1 Å². The van der Waals surface area contributed by atoms with Crippen LogP contribution < -0.4 is 5.32 Å². The number of rotatable bonds is 6. The van der Waals surface area contributed by atoms with Gasteiger partial charge >= 0.3 is 0 Å². The van der Waals surface area contributed by atoms with Crippen LogP contribution in [0, 0.1) is 0 Å². The Morgan fingerprint density at radius 1 is 1.29 bits per heavy atom. The first kappa shape index (κ1) is 16.9. The van der Waals surface area contributed by atoms with E-state index in [1.807, 2.05) is 6.07 Å². The molecule has 0 aromatic carbocycles. The van der Waals surface area contributed by atoms with Gasteiger partial charge in [-0.1, -0.05) is 20.8 Å². The van der Waals surface area contributed by atoms with Gasteiger partial charge < -0.3 is 10.2 Å². The Bertz CT molecular complexity index is 546. The molecule has 0 aliphatic carbocycles. The summed E-state index contributed by atoms with van der Waals surface area (Å²) < 4.78 is 26.9. The lowest BCUT2D eigenvalue weighted by molar-refractivity contribution is 0.196. The van der Waals surface area contributed by atoms with Crippen LogP contribution >= 0.6 is 11.3 Å². The van der Waals surface area contributed by atoms with Gasteiger partial charge in [0.15, 0.2) is 0 Å². The molecule has 1 saturated heterocycles. The highest BCUT2D eigenvalue weighted by Crippen LogP contribution is 2.23. The predicted molar refractivity (Wildman–Crippen MR) is 87.2 cm³/mol. The SMILES string of the molecule is CCN1CCN(S(=O)(=O)c2csc(CNC(C)C)c2)CC1. The molecule has 0 radical (unpaired) electrons.